The number of hydrogen-bond acceptors (Lipinski definition) is 10. The van der Waals surface area contributed by atoms with Crippen LogP contribution in [-0.4, -0.2) is 44.5 Å². The zero-order valence-electron chi connectivity index (χ0n) is 20.3. The number of nitrogens with two attached hydrogens (primary N) is 1. The summed E-state index contributed by atoms with van der Waals surface area (Å²) >= 11 is 3.55. The van der Waals surface area contributed by atoms with Gasteiger partial charge in [-0.15, -0.1) is 5.10 Å². The Morgan fingerprint density at radius 1 is 1.21 bits per heavy atom. The molecule has 3 N–H and O–H groups in total. The molecule has 0 unspecified atom stereocenters. The molecule has 5 aromatic rings. The van der Waals surface area contributed by atoms with E-state index in [9.17, 15) is 4.79 Å². The van der Waals surface area contributed by atoms with Crippen molar-refractivity contribution >= 4 is 44.6 Å². The van der Waals surface area contributed by atoms with Gasteiger partial charge < -0.3 is 15.2 Å². The van der Waals surface area contributed by atoms with Crippen molar-refractivity contribution in [3.05, 3.63) is 81.6 Å². The molecule has 0 spiro atoms. The number of aromatic nitrogens is 5. The molecule has 192 valence electrons. The molecule has 3 aromatic carbocycles. The van der Waals surface area contributed by atoms with E-state index in [4.69, 9.17) is 15.2 Å². The van der Waals surface area contributed by atoms with Gasteiger partial charge in [0.1, 0.15) is 6.61 Å². The van der Waals surface area contributed by atoms with Crippen LogP contribution in [0.5, 0.6) is 11.5 Å². The number of hydrogen-bond donors (Lipinski definition) is 2. The molecule has 2 aromatic heterocycles. The van der Waals surface area contributed by atoms with Gasteiger partial charge in [-0.25, -0.2) is 10.1 Å². The molecule has 0 aliphatic carbocycles. The van der Waals surface area contributed by atoms with Gasteiger partial charge in [-0.2, -0.15) is 9.78 Å². The van der Waals surface area contributed by atoms with Crippen molar-refractivity contribution in [2.75, 3.05) is 12.8 Å². The number of halogens is 1. The highest BCUT2D eigenvalue weighted by Gasteiger charge is 2.20. The minimum atomic E-state index is -0.568. The molecule has 2 heterocycles. The lowest BCUT2D eigenvalue weighted by Gasteiger charge is -2.14. The molecule has 0 bridgehead atoms. The van der Waals surface area contributed by atoms with Crippen molar-refractivity contribution in [1.82, 2.24) is 30.7 Å². The molecular weight excluding hydrogens is 556 g/mol. The molecule has 0 aliphatic heterocycles. The van der Waals surface area contributed by atoms with Crippen LogP contribution >= 0.6 is 15.9 Å². The lowest BCUT2D eigenvalue weighted by molar-refractivity contribution is 0.0949. The Morgan fingerprint density at radius 3 is 2.82 bits per heavy atom. The number of rotatable bonds is 8. The van der Waals surface area contributed by atoms with Gasteiger partial charge >= 0.3 is 0 Å². The Hall–Kier alpha value is -4.78. The van der Waals surface area contributed by atoms with Crippen molar-refractivity contribution in [2.45, 2.75) is 13.5 Å². The van der Waals surface area contributed by atoms with Crippen molar-refractivity contribution in [3.63, 3.8) is 0 Å². The van der Waals surface area contributed by atoms with Crippen LogP contribution in [0.4, 0.5) is 5.82 Å². The van der Waals surface area contributed by atoms with E-state index in [1.54, 1.807) is 26.2 Å². The molecule has 0 atom stereocenters. The highest BCUT2D eigenvalue weighted by Crippen LogP contribution is 2.37. The fourth-order valence-corrected chi connectivity index (χ4v) is 4.39. The van der Waals surface area contributed by atoms with Gasteiger partial charge in [0.2, 0.25) is 11.6 Å². The predicted octanol–water partition coefficient (Wildman–Crippen LogP) is 3.81. The first-order valence-electron chi connectivity index (χ1n) is 11.3. The summed E-state index contributed by atoms with van der Waals surface area (Å²) < 4.78 is 18.2. The second-order valence-corrected chi connectivity index (χ2v) is 8.92. The third-order valence-corrected chi connectivity index (χ3v) is 6.28. The van der Waals surface area contributed by atoms with Gasteiger partial charge in [-0.05, 0) is 67.2 Å². The summed E-state index contributed by atoms with van der Waals surface area (Å²) in [5, 5.41) is 21.2. The van der Waals surface area contributed by atoms with Crippen LogP contribution in [0.2, 0.25) is 0 Å². The van der Waals surface area contributed by atoms with Gasteiger partial charge in [-0.1, -0.05) is 47.7 Å². The number of nitrogens with one attached hydrogen (secondary N) is 1. The maximum atomic E-state index is 12.6. The molecule has 0 radical (unpaired) electrons. The molecule has 0 aliphatic rings. The lowest BCUT2D eigenvalue weighted by Crippen LogP contribution is -2.19. The third kappa shape index (κ3) is 4.91. The Balaban J connectivity index is 1.29. The van der Waals surface area contributed by atoms with E-state index in [1.807, 2.05) is 24.3 Å². The van der Waals surface area contributed by atoms with Crippen molar-refractivity contribution in [1.29, 1.82) is 0 Å². The number of fused-ring (bicyclic) bond motifs is 1. The van der Waals surface area contributed by atoms with Crippen LogP contribution in [-0.2, 0) is 6.61 Å². The van der Waals surface area contributed by atoms with Gasteiger partial charge in [-0.3, -0.25) is 4.79 Å². The van der Waals surface area contributed by atoms with Gasteiger partial charge in [0, 0.05) is 0 Å². The maximum Gasteiger partial charge on any atom is 0.293 e. The molecule has 0 saturated carbocycles. The van der Waals surface area contributed by atoms with Crippen LogP contribution < -0.4 is 20.6 Å². The zero-order valence-corrected chi connectivity index (χ0v) is 21.8. The number of anilines is 1. The van der Waals surface area contributed by atoms with Gasteiger partial charge in [0.15, 0.2) is 17.2 Å². The van der Waals surface area contributed by atoms with E-state index in [2.05, 4.69) is 69.9 Å². The van der Waals surface area contributed by atoms with E-state index in [-0.39, 0.29) is 17.3 Å². The molecule has 0 saturated heterocycles. The van der Waals surface area contributed by atoms with Gasteiger partial charge in [0.25, 0.3) is 5.91 Å². The molecular formula is C25H21BrN8O4. The van der Waals surface area contributed by atoms with Gasteiger partial charge in [0.05, 0.1) is 23.5 Å². The Labute approximate surface area is 224 Å². The molecule has 38 heavy (non-hydrogen) atoms. The normalized spacial score (nSPS) is 11.2. The first kappa shape index (κ1) is 24.9. The van der Waals surface area contributed by atoms with Crippen LogP contribution in [0.3, 0.4) is 0 Å². The topological polar surface area (TPSA) is 156 Å². The average molecular weight is 577 g/mol. The Kier molecular flexibility index (Phi) is 7.00. The quantitative estimate of drug-likeness (QED) is 0.207. The standard InChI is InChI=1S/C25H21BrN8O4/c1-14-21(29-33-34(14)24-23(27)31-38-32-24)25(35)30-28-12-15-10-19(26)22(20(11-15)36-2)37-13-17-8-5-7-16-6-3-4-9-18(16)17/h3-12H,13H2,1-2H3,(H2,27,31)(H,30,35). The second-order valence-electron chi connectivity index (χ2n) is 8.07. The van der Waals surface area contributed by atoms with E-state index in [1.165, 1.54) is 10.9 Å². The SMILES string of the molecule is COc1cc(C=NNC(=O)c2nnn(-c3nonc3N)c2C)cc(Br)c1OCc1cccc2ccccc12. The summed E-state index contributed by atoms with van der Waals surface area (Å²) in [5.41, 5.74) is 10.3. The molecule has 12 nitrogen and oxygen atoms in total. The van der Waals surface area contributed by atoms with Crippen LogP contribution in [0.15, 0.2) is 68.8 Å². The van der Waals surface area contributed by atoms with Crippen molar-refractivity contribution in [2.24, 2.45) is 5.10 Å². The van der Waals surface area contributed by atoms with Crippen LogP contribution in [0.25, 0.3) is 16.6 Å². The number of benzene rings is 3. The summed E-state index contributed by atoms with van der Waals surface area (Å²) in [4.78, 5) is 12.6. The zero-order chi connectivity index (χ0) is 26.6. The molecule has 1 amide bonds. The molecule has 5 rings (SSSR count). The first-order valence-corrected chi connectivity index (χ1v) is 12.1. The number of ether oxygens (including phenoxy) is 2. The van der Waals surface area contributed by atoms with Crippen molar-refractivity contribution < 1.29 is 18.9 Å². The lowest BCUT2D eigenvalue weighted by atomic mass is 10.1. The third-order valence-electron chi connectivity index (χ3n) is 5.69. The fraction of sp³-hybridized carbons (Fsp3) is 0.120. The van der Waals surface area contributed by atoms with Crippen molar-refractivity contribution in [3.8, 4) is 17.3 Å². The smallest absolute Gasteiger partial charge is 0.293 e. The van der Waals surface area contributed by atoms with E-state index >= 15 is 0 Å². The number of hydrazone groups is 1. The maximum absolute atomic E-state index is 12.6. The molecule has 0 fully saturated rings. The first-order chi connectivity index (χ1) is 18.5. The van der Waals surface area contributed by atoms with Crippen LogP contribution in [0, 0.1) is 6.92 Å². The highest BCUT2D eigenvalue weighted by molar-refractivity contribution is 9.10. The predicted molar refractivity (Wildman–Crippen MR) is 142 cm³/mol. The summed E-state index contributed by atoms with van der Waals surface area (Å²) in [6, 6.07) is 17.8. The fourth-order valence-electron chi connectivity index (χ4n) is 3.82. The largest absolute Gasteiger partial charge is 0.493 e. The van der Waals surface area contributed by atoms with E-state index in [0.29, 0.717) is 33.8 Å². The number of amides is 1. The Morgan fingerprint density at radius 2 is 2.03 bits per heavy atom. The average Bonchev–Trinajstić information content (AvgIpc) is 3.52. The minimum absolute atomic E-state index is 0.0204. The second kappa shape index (κ2) is 10.7. The number of nitrogens with zero attached hydrogens (tertiary/aromatic N) is 6. The number of carbonyl (C=O) groups is 1. The summed E-state index contributed by atoms with van der Waals surface area (Å²) in [5.74, 6) is 0.644. The number of nitrogen functional groups attached to an aromatic ring is 1. The number of methoxy groups -OCH3 is 1. The van der Waals surface area contributed by atoms with E-state index < -0.39 is 5.91 Å². The minimum Gasteiger partial charge on any atom is -0.493 e. The summed E-state index contributed by atoms with van der Waals surface area (Å²) in [6.45, 7) is 1.99. The van der Waals surface area contributed by atoms with Crippen LogP contribution in [0.1, 0.15) is 27.3 Å². The monoisotopic (exact) mass is 576 g/mol. The number of carbonyl (C=O) groups excluding carboxylic acids is 1. The van der Waals surface area contributed by atoms with E-state index in [0.717, 1.165) is 16.3 Å². The highest BCUT2D eigenvalue weighted by atomic mass is 79.9. The summed E-state index contributed by atoms with van der Waals surface area (Å²) in [6.07, 6.45) is 1.47. The Bertz CT molecular complexity index is 1660. The summed E-state index contributed by atoms with van der Waals surface area (Å²) in [7, 11) is 1.55. The molecule has 13 heteroatoms.